The molecule has 0 aliphatic carbocycles. The van der Waals surface area contributed by atoms with Crippen LogP contribution in [0.15, 0.2) is 64.5 Å². The summed E-state index contributed by atoms with van der Waals surface area (Å²) >= 11 is 5.69. The van der Waals surface area contributed by atoms with Crippen LogP contribution in [0.5, 0.6) is 0 Å². The summed E-state index contributed by atoms with van der Waals surface area (Å²) in [6.45, 7) is 0. The third kappa shape index (κ3) is 5.10. The maximum Gasteiger partial charge on any atom is 0.456 e. The minimum absolute atomic E-state index is 0.177. The van der Waals surface area contributed by atoms with Crippen molar-refractivity contribution in [3.8, 4) is 0 Å². The van der Waals surface area contributed by atoms with Crippen LogP contribution in [0.2, 0.25) is 5.02 Å². The molecule has 2 aromatic rings. The van der Waals surface area contributed by atoms with E-state index < -0.39 is 40.8 Å². The fourth-order valence-electron chi connectivity index (χ4n) is 1.94. The van der Waals surface area contributed by atoms with Crippen molar-refractivity contribution in [3.05, 3.63) is 70.4 Å². The molecule has 148 valence electrons. The Balaban J connectivity index is 2.57. The topological polar surface area (TPSA) is 62.0 Å². The molecule has 0 unspecified atom stereocenters. The van der Waals surface area contributed by atoms with Crippen LogP contribution < -0.4 is 0 Å². The number of hydrogen-bond donors (Lipinski definition) is 1. The Morgan fingerprint density at radius 1 is 0.964 bits per heavy atom. The highest BCUT2D eigenvalue weighted by atomic mass is 35.5. The van der Waals surface area contributed by atoms with Gasteiger partial charge in [-0.15, -0.1) is 10.2 Å². The molecule has 11 heteroatoms. The van der Waals surface area contributed by atoms with E-state index in [1.54, 1.807) is 0 Å². The molecule has 28 heavy (non-hydrogen) atoms. The molecular weight excluding hydrogens is 414 g/mol. The molecule has 0 saturated heterocycles. The molecule has 0 aromatic heterocycles. The molecule has 2 aromatic carbocycles. The second-order valence-electron chi connectivity index (χ2n) is 5.25. The van der Waals surface area contributed by atoms with E-state index in [4.69, 9.17) is 11.6 Å². The van der Waals surface area contributed by atoms with Gasteiger partial charge in [0.05, 0.1) is 10.6 Å². The molecular formula is C17H9ClF6N2O2. The average molecular weight is 423 g/mol. The Kier molecular flexibility index (Phi) is 6.13. The van der Waals surface area contributed by atoms with Crippen molar-refractivity contribution < 1.29 is 36.2 Å². The number of aliphatic hydroxyl groups excluding tert-OH is 1. The normalized spacial score (nSPS) is 13.5. The predicted molar refractivity (Wildman–Crippen MR) is 88.0 cm³/mol. The number of aliphatic hydroxyl groups is 1. The minimum atomic E-state index is -5.41. The van der Waals surface area contributed by atoms with E-state index in [0.29, 0.717) is 12.1 Å². The van der Waals surface area contributed by atoms with Crippen molar-refractivity contribution >= 4 is 28.8 Å². The van der Waals surface area contributed by atoms with Crippen molar-refractivity contribution in [3.63, 3.8) is 0 Å². The molecule has 0 fully saturated rings. The van der Waals surface area contributed by atoms with Crippen LogP contribution in [-0.2, 0) is 11.0 Å². The summed E-state index contributed by atoms with van der Waals surface area (Å²) in [5.74, 6) is -3.67. The lowest BCUT2D eigenvalue weighted by molar-refractivity contribution is -0.166. The smallest absolute Gasteiger partial charge is 0.456 e. The van der Waals surface area contributed by atoms with Gasteiger partial charge in [0, 0.05) is 5.56 Å². The molecule has 0 heterocycles. The zero-order chi connectivity index (χ0) is 21.1. The van der Waals surface area contributed by atoms with Crippen LogP contribution in [0.3, 0.4) is 0 Å². The summed E-state index contributed by atoms with van der Waals surface area (Å²) in [4.78, 5) is 11.6. The molecule has 0 aliphatic heterocycles. The summed E-state index contributed by atoms with van der Waals surface area (Å²) in [6.07, 6.45) is -10.2. The highest BCUT2D eigenvalue weighted by Crippen LogP contribution is 2.36. The van der Waals surface area contributed by atoms with Gasteiger partial charge in [-0.2, -0.15) is 26.3 Å². The van der Waals surface area contributed by atoms with Crippen LogP contribution >= 0.6 is 11.6 Å². The van der Waals surface area contributed by atoms with Crippen molar-refractivity contribution in [2.75, 3.05) is 0 Å². The van der Waals surface area contributed by atoms with Crippen LogP contribution in [0, 0.1) is 0 Å². The average Bonchev–Trinajstić information content (AvgIpc) is 2.61. The van der Waals surface area contributed by atoms with Gasteiger partial charge in [-0.1, -0.05) is 41.9 Å². The third-order valence-corrected chi connectivity index (χ3v) is 3.59. The number of Topliss-reactive ketones (excluding diaryl/α,β-unsaturated/α-hetero) is 1. The lowest BCUT2D eigenvalue weighted by Crippen LogP contribution is -2.24. The van der Waals surface area contributed by atoms with Crippen LogP contribution in [0.4, 0.5) is 32.0 Å². The first-order chi connectivity index (χ1) is 12.9. The molecule has 0 atom stereocenters. The number of benzene rings is 2. The van der Waals surface area contributed by atoms with Gasteiger partial charge in [-0.05, 0) is 18.2 Å². The van der Waals surface area contributed by atoms with Crippen LogP contribution in [0.25, 0.3) is 5.76 Å². The largest absolute Gasteiger partial charge is 0.505 e. The van der Waals surface area contributed by atoms with Gasteiger partial charge >= 0.3 is 12.4 Å². The molecule has 1 N–H and O–H groups in total. The van der Waals surface area contributed by atoms with Gasteiger partial charge in [0.2, 0.25) is 0 Å². The van der Waals surface area contributed by atoms with Crippen LogP contribution in [0.1, 0.15) is 11.1 Å². The number of halogens is 7. The maximum atomic E-state index is 12.8. The first-order valence-electron chi connectivity index (χ1n) is 7.30. The van der Waals surface area contributed by atoms with Gasteiger partial charge in [0.1, 0.15) is 5.69 Å². The van der Waals surface area contributed by atoms with Gasteiger partial charge in [0.25, 0.3) is 5.78 Å². The number of alkyl halides is 6. The Hall–Kier alpha value is -2.88. The summed E-state index contributed by atoms with van der Waals surface area (Å²) < 4.78 is 76.8. The second-order valence-corrected chi connectivity index (χ2v) is 5.66. The number of hydrogen-bond acceptors (Lipinski definition) is 4. The highest BCUT2D eigenvalue weighted by molar-refractivity contribution is 6.33. The first kappa shape index (κ1) is 21.4. The summed E-state index contributed by atoms with van der Waals surface area (Å²) in [5.41, 5.74) is -3.48. The summed E-state index contributed by atoms with van der Waals surface area (Å²) in [7, 11) is 0. The molecule has 4 nitrogen and oxygen atoms in total. The van der Waals surface area contributed by atoms with Crippen molar-refractivity contribution in [2.45, 2.75) is 12.4 Å². The van der Waals surface area contributed by atoms with E-state index in [-0.39, 0.29) is 10.6 Å². The van der Waals surface area contributed by atoms with Gasteiger partial charge < -0.3 is 5.11 Å². The van der Waals surface area contributed by atoms with E-state index in [9.17, 15) is 36.2 Å². The molecule has 0 bridgehead atoms. The Bertz CT molecular complexity index is 937. The van der Waals surface area contributed by atoms with Crippen LogP contribution in [-0.4, -0.2) is 17.1 Å². The number of nitrogens with zero attached hydrogens (tertiary/aromatic N) is 2. The monoisotopic (exact) mass is 422 g/mol. The SMILES string of the molecule is O=C(/C(N=Nc1cc(C(F)(F)F)ccc1Cl)=C(/O)c1ccccc1)C(F)(F)F. The molecule has 0 saturated carbocycles. The quantitative estimate of drug-likeness (QED) is 0.264. The number of azo groups is 1. The van der Waals surface area contributed by atoms with E-state index >= 15 is 0 Å². The zero-order valence-corrected chi connectivity index (χ0v) is 14.3. The number of carbonyl (C=O) groups is 1. The van der Waals surface area contributed by atoms with E-state index in [2.05, 4.69) is 10.2 Å². The number of carbonyl (C=O) groups excluding carboxylic acids is 1. The first-order valence-corrected chi connectivity index (χ1v) is 7.67. The molecule has 0 amide bonds. The third-order valence-electron chi connectivity index (χ3n) is 3.28. The second kappa shape index (κ2) is 8.01. The van der Waals surface area contributed by atoms with Gasteiger partial charge in [-0.3, -0.25) is 4.79 Å². The van der Waals surface area contributed by atoms with Crippen molar-refractivity contribution in [2.24, 2.45) is 10.2 Å². The van der Waals surface area contributed by atoms with E-state index in [0.717, 1.165) is 6.07 Å². The van der Waals surface area contributed by atoms with Crippen molar-refractivity contribution in [1.82, 2.24) is 0 Å². The predicted octanol–water partition coefficient (Wildman–Crippen LogP) is 6.50. The Morgan fingerprint density at radius 3 is 2.11 bits per heavy atom. The molecule has 0 aliphatic rings. The summed E-state index contributed by atoms with van der Waals surface area (Å²) in [5, 5.41) is 16.0. The zero-order valence-electron chi connectivity index (χ0n) is 13.5. The fourth-order valence-corrected chi connectivity index (χ4v) is 2.09. The standard InChI is InChI=1S/C17H9ClF6N2O2/c18-11-7-6-10(16(19,20)21)8-12(11)25-26-13(15(28)17(22,23)24)14(27)9-4-2-1-3-5-9/h1-8,27H/b14-13-,26-25?. The Morgan fingerprint density at radius 2 is 1.57 bits per heavy atom. The number of ketones is 1. The summed E-state index contributed by atoms with van der Waals surface area (Å²) in [6, 6.07) is 8.57. The number of allylic oxidation sites excluding steroid dienone is 1. The van der Waals surface area contributed by atoms with Gasteiger partial charge in [0.15, 0.2) is 11.5 Å². The lowest BCUT2D eigenvalue weighted by atomic mass is 10.1. The number of rotatable bonds is 4. The molecule has 0 spiro atoms. The highest BCUT2D eigenvalue weighted by Gasteiger charge is 2.43. The minimum Gasteiger partial charge on any atom is -0.505 e. The van der Waals surface area contributed by atoms with Gasteiger partial charge in [-0.25, -0.2) is 0 Å². The molecule has 2 rings (SSSR count). The molecule has 0 radical (unpaired) electrons. The Labute approximate surface area is 158 Å². The van der Waals surface area contributed by atoms with E-state index in [1.165, 1.54) is 30.3 Å². The maximum absolute atomic E-state index is 12.8. The van der Waals surface area contributed by atoms with Crippen molar-refractivity contribution in [1.29, 1.82) is 0 Å². The van der Waals surface area contributed by atoms with E-state index in [1.807, 2.05) is 0 Å². The fraction of sp³-hybridized carbons (Fsp3) is 0.118. The lowest BCUT2D eigenvalue weighted by Gasteiger charge is -2.09.